The molecule has 0 amide bonds. The second-order valence-electron chi connectivity index (χ2n) is 5.17. The molecule has 15 heteroatoms. The molecule has 0 rings (SSSR count). The lowest BCUT2D eigenvalue weighted by atomic mass is 9.99. The second kappa shape index (κ2) is 7.20. The molecule has 0 aliphatic heterocycles. The number of hydrogen-bond donors (Lipinski definition) is 0. The fourth-order valence-electron chi connectivity index (χ4n) is 1.28. The molecule has 2 atom stereocenters. The van der Waals surface area contributed by atoms with E-state index in [2.05, 4.69) is 9.47 Å². The lowest BCUT2D eigenvalue weighted by molar-refractivity contribution is -0.407. The molecule has 0 bridgehead atoms. The van der Waals surface area contributed by atoms with Crippen molar-refractivity contribution in [1.82, 2.24) is 0 Å². The standard InChI is InChI=1S/C11H11F13O2/c1-6(14,15)9(18,19)10(20,21)7(2,16)26-4-8(17,11(22,23)24)25-3-5(12)13/h5H,3-4H2,1-2H3. The van der Waals surface area contributed by atoms with Gasteiger partial charge in [-0.2, -0.15) is 43.9 Å². The number of alkyl halides is 13. The SMILES string of the molecule is CC(F)(F)C(F)(F)C(F)(F)C(C)(F)OCC(F)(OCC(F)F)C(F)(F)F. The van der Waals surface area contributed by atoms with Gasteiger partial charge in [0.25, 0.3) is 12.3 Å². The number of halogens is 13. The highest BCUT2D eigenvalue weighted by Crippen LogP contribution is 2.52. The maximum atomic E-state index is 13.7. The van der Waals surface area contributed by atoms with Crippen LogP contribution in [0.15, 0.2) is 0 Å². The van der Waals surface area contributed by atoms with Crippen molar-refractivity contribution in [3.8, 4) is 0 Å². The Labute approximate surface area is 137 Å². The van der Waals surface area contributed by atoms with E-state index in [0.717, 1.165) is 0 Å². The third kappa shape index (κ3) is 4.84. The van der Waals surface area contributed by atoms with Crippen LogP contribution in [0.4, 0.5) is 57.1 Å². The summed E-state index contributed by atoms with van der Waals surface area (Å²) in [5.41, 5.74) is 0. The third-order valence-electron chi connectivity index (χ3n) is 2.90. The second-order valence-corrected chi connectivity index (χ2v) is 5.17. The Bertz CT molecular complexity index is 468. The predicted molar refractivity (Wildman–Crippen MR) is 57.8 cm³/mol. The van der Waals surface area contributed by atoms with Crippen molar-refractivity contribution in [3.63, 3.8) is 0 Å². The van der Waals surface area contributed by atoms with Crippen molar-refractivity contribution in [1.29, 1.82) is 0 Å². The van der Waals surface area contributed by atoms with E-state index in [1.54, 1.807) is 0 Å². The molecule has 0 fully saturated rings. The average Bonchev–Trinajstić information content (AvgIpc) is 2.40. The van der Waals surface area contributed by atoms with Gasteiger partial charge in [-0.05, 0) is 0 Å². The van der Waals surface area contributed by atoms with Crippen LogP contribution in [0.1, 0.15) is 13.8 Å². The lowest BCUT2D eigenvalue weighted by Crippen LogP contribution is -2.63. The van der Waals surface area contributed by atoms with Crippen LogP contribution in [0.25, 0.3) is 0 Å². The first-order valence-electron chi connectivity index (χ1n) is 6.26. The summed E-state index contributed by atoms with van der Waals surface area (Å²) in [6.45, 7) is -6.62. The Hall–Kier alpha value is -0.990. The number of hydrogen-bond acceptors (Lipinski definition) is 2. The van der Waals surface area contributed by atoms with E-state index in [1.807, 2.05) is 0 Å². The van der Waals surface area contributed by atoms with E-state index in [1.165, 1.54) is 0 Å². The predicted octanol–water partition coefficient (Wildman–Crippen LogP) is 5.12. The molecule has 0 saturated carbocycles. The fourth-order valence-corrected chi connectivity index (χ4v) is 1.28. The van der Waals surface area contributed by atoms with Crippen molar-refractivity contribution in [2.45, 2.75) is 55.9 Å². The molecule has 0 aromatic rings. The molecule has 0 radical (unpaired) electrons. The summed E-state index contributed by atoms with van der Waals surface area (Å²) in [5.74, 6) is -29.1. The van der Waals surface area contributed by atoms with Crippen molar-refractivity contribution in [2.24, 2.45) is 0 Å². The zero-order chi connectivity index (χ0) is 21.4. The molecule has 0 saturated heterocycles. The minimum Gasteiger partial charge on any atom is -0.335 e. The third-order valence-corrected chi connectivity index (χ3v) is 2.90. The van der Waals surface area contributed by atoms with Crippen LogP contribution < -0.4 is 0 Å². The molecule has 0 aromatic heterocycles. The smallest absolute Gasteiger partial charge is 0.335 e. The summed E-state index contributed by atoms with van der Waals surface area (Å²) < 4.78 is 172. The van der Waals surface area contributed by atoms with Crippen molar-refractivity contribution < 1.29 is 66.5 Å². The van der Waals surface area contributed by atoms with Crippen LogP contribution in [-0.4, -0.2) is 55.3 Å². The van der Waals surface area contributed by atoms with E-state index in [-0.39, 0.29) is 0 Å². The average molecular weight is 422 g/mol. The Morgan fingerprint density at radius 1 is 0.692 bits per heavy atom. The maximum Gasteiger partial charge on any atom is 0.450 e. The molecule has 0 N–H and O–H groups in total. The molecule has 0 heterocycles. The monoisotopic (exact) mass is 422 g/mol. The van der Waals surface area contributed by atoms with Gasteiger partial charge in [-0.25, -0.2) is 13.2 Å². The topological polar surface area (TPSA) is 18.5 Å². The summed E-state index contributed by atoms with van der Waals surface area (Å²) >= 11 is 0. The van der Waals surface area contributed by atoms with Gasteiger partial charge < -0.3 is 9.47 Å². The molecular formula is C11H11F13O2. The van der Waals surface area contributed by atoms with Crippen LogP contribution in [0.5, 0.6) is 0 Å². The Morgan fingerprint density at radius 3 is 1.42 bits per heavy atom. The number of ether oxygens (including phenoxy) is 2. The first-order chi connectivity index (χ1) is 11.1. The van der Waals surface area contributed by atoms with Gasteiger partial charge in [0.05, 0.1) is 0 Å². The highest BCUT2D eigenvalue weighted by molar-refractivity contribution is 5.01. The molecule has 0 aliphatic carbocycles. The van der Waals surface area contributed by atoms with E-state index in [0.29, 0.717) is 0 Å². The Balaban J connectivity index is 5.58. The van der Waals surface area contributed by atoms with Gasteiger partial charge in [0.1, 0.15) is 13.2 Å². The molecule has 0 aliphatic rings. The van der Waals surface area contributed by atoms with Gasteiger partial charge in [-0.1, -0.05) is 0 Å². The Morgan fingerprint density at radius 2 is 1.12 bits per heavy atom. The summed E-state index contributed by atoms with van der Waals surface area (Å²) in [5, 5.41) is 0. The van der Waals surface area contributed by atoms with Crippen molar-refractivity contribution >= 4 is 0 Å². The highest BCUT2D eigenvalue weighted by Gasteiger charge is 2.78. The summed E-state index contributed by atoms with van der Waals surface area (Å²) in [4.78, 5) is 0. The van der Waals surface area contributed by atoms with Crippen LogP contribution in [0, 0.1) is 0 Å². The summed E-state index contributed by atoms with van der Waals surface area (Å²) in [6.07, 6.45) is -9.93. The quantitative estimate of drug-likeness (QED) is 0.480. The van der Waals surface area contributed by atoms with E-state index in [4.69, 9.17) is 0 Å². The zero-order valence-electron chi connectivity index (χ0n) is 12.7. The summed E-state index contributed by atoms with van der Waals surface area (Å²) in [6, 6.07) is 0. The molecule has 2 nitrogen and oxygen atoms in total. The van der Waals surface area contributed by atoms with Crippen LogP contribution in [-0.2, 0) is 9.47 Å². The van der Waals surface area contributed by atoms with Gasteiger partial charge in [0, 0.05) is 13.8 Å². The summed E-state index contributed by atoms with van der Waals surface area (Å²) in [7, 11) is 0. The minimum atomic E-state index is -6.47. The molecule has 2 unspecified atom stereocenters. The molecule has 0 aromatic carbocycles. The van der Waals surface area contributed by atoms with Gasteiger partial charge in [0.2, 0.25) is 0 Å². The van der Waals surface area contributed by atoms with E-state index < -0.39 is 69.1 Å². The van der Waals surface area contributed by atoms with Gasteiger partial charge in [-0.3, -0.25) is 0 Å². The molecule has 26 heavy (non-hydrogen) atoms. The molecule has 0 spiro atoms. The maximum absolute atomic E-state index is 13.7. The highest BCUT2D eigenvalue weighted by atomic mass is 19.4. The van der Waals surface area contributed by atoms with E-state index >= 15 is 0 Å². The molecular weight excluding hydrogens is 411 g/mol. The number of rotatable bonds is 9. The van der Waals surface area contributed by atoms with Crippen LogP contribution in [0.2, 0.25) is 0 Å². The first-order valence-corrected chi connectivity index (χ1v) is 6.26. The van der Waals surface area contributed by atoms with Gasteiger partial charge >= 0.3 is 29.8 Å². The van der Waals surface area contributed by atoms with Gasteiger partial charge in [0.15, 0.2) is 0 Å². The zero-order valence-corrected chi connectivity index (χ0v) is 12.7. The van der Waals surface area contributed by atoms with Crippen LogP contribution in [0.3, 0.4) is 0 Å². The lowest BCUT2D eigenvalue weighted by Gasteiger charge is -2.38. The molecule has 158 valence electrons. The van der Waals surface area contributed by atoms with Gasteiger partial charge in [-0.15, -0.1) is 0 Å². The fraction of sp³-hybridized carbons (Fsp3) is 1.00. The van der Waals surface area contributed by atoms with Crippen molar-refractivity contribution in [2.75, 3.05) is 13.2 Å². The first kappa shape index (κ1) is 25.0. The Kier molecular flexibility index (Phi) is 6.93. The largest absolute Gasteiger partial charge is 0.450 e. The van der Waals surface area contributed by atoms with E-state index in [9.17, 15) is 57.1 Å². The van der Waals surface area contributed by atoms with Crippen molar-refractivity contribution in [3.05, 3.63) is 0 Å². The van der Waals surface area contributed by atoms with Crippen LogP contribution >= 0.6 is 0 Å². The minimum absolute atomic E-state index is 0.670. The normalized spacial score (nSPS) is 19.4.